The third kappa shape index (κ3) is 5.56. The number of amides is 1. The summed E-state index contributed by atoms with van der Waals surface area (Å²) >= 11 is 0. The van der Waals surface area contributed by atoms with Crippen molar-refractivity contribution >= 4 is 5.91 Å². The Hall–Kier alpha value is -3.13. The molecular weight excluding hydrogens is 416 g/mol. The van der Waals surface area contributed by atoms with Crippen molar-refractivity contribution < 1.29 is 23.2 Å². The van der Waals surface area contributed by atoms with E-state index in [1.807, 2.05) is 0 Å². The predicted octanol–water partition coefficient (Wildman–Crippen LogP) is 4.85. The van der Waals surface area contributed by atoms with Gasteiger partial charge in [0.1, 0.15) is 17.7 Å². The normalized spacial score (nSPS) is 13.6. The van der Waals surface area contributed by atoms with Crippen LogP contribution in [0.5, 0.6) is 0 Å². The minimum absolute atomic E-state index is 0.0116. The first-order chi connectivity index (χ1) is 15.1. The maximum Gasteiger partial charge on any atom is 0.251 e. The van der Waals surface area contributed by atoms with E-state index in [0.717, 1.165) is 12.1 Å². The van der Waals surface area contributed by atoms with Crippen LogP contribution in [-0.4, -0.2) is 27.2 Å². The van der Waals surface area contributed by atoms with E-state index in [1.165, 1.54) is 6.07 Å². The topological polar surface area (TPSA) is 88.3 Å². The molecule has 32 heavy (non-hydrogen) atoms. The maximum atomic E-state index is 14.0. The number of rotatable bonds is 7. The van der Waals surface area contributed by atoms with Crippen molar-refractivity contribution in [3.8, 4) is 11.4 Å². The van der Waals surface area contributed by atoms with Gasteiger partial charge in [0, 0.05) is 17.5 Å². The van der Waals surface area contributed by atoms with E-state index in [-0.39, 0.29) is 11.8 Å². The highest BCUT2D eigenvalue weighted by Crippen LogP contribution is 2.26. The van der Waals surface area contributed by atoms with Crippen molar-refractivity contribution in [2.75, 3.05) is 0 Å². The van der Waals surface area contributed by atoms with E-state index in [0.29, 0.717) is 29.3 Å². The molecular formula is C24H27F2N3O3. The zero-order chi connectivity index (χ0) is 23.5. The van der Waals surface area contributed by atoms with Crippen LogP contribution in [0.1, 0.15) is 62.0 Å². The molecule has 0 bridgehead atoms. The Balaban J connectivity index is 1.71. The standard InChI is InChI=1S/C24H27F2N3O3/c1-5-18(21(30)20-16(25)7-6-8-17(20)26)27-23(31)15-11-9-14(10-12-15)22-28-19(32-29-22)13-24(2,3)4/h6-12,18,21,30H,5,13H2,1-4H3,(H,27,31). The van der Waals surface area contributed by atoms with Gasteiger partial charge in [-0.15, -0.1) is 0 Å². The van der Waals surface area contributed by atoms with Crippen LogP contribution in [0, 0.1) is 17.0 Å². The lowest BCUT2D eigenvalue weighted by molar-refractivity contribution is 0.0810. The average molecular weight is 443 g/mol. The number of aromatic nitrogens is 2. The zero-order valence-electron chi connectivity index (χ0n) is 18.5. The first-order valence-corrected chi connectivity index (χ1v) is 10.4. The van der Waals surface area contributed by atoms with Crippen LogP contribution in [0.25, 0.3) is 11.4 Å². The van der Waals surface area contributed by atoms with Gasteiger partial charge < -0.3 is 14.9 Å². The molecule has 3 aromatic rings. The van der Waals surface area contributed by atoms with Crippen molar-refractivity contribution in [1.29, 1.82) is 0 Å². The molecule has 8 heteroatoms. The summed E-state index contributed by atoms with van der Waals surface area (Å²) in [4.78, 5) is 17.1. The van der Waals surface area contributed by atoms with E-state index in [4.69, 9.17) is 4.52 Å². The Morgan fingerprint density at radius 3 is 2.31 bits per heavy atom. The first-order valence-electron chi connectivity index (χ1n) is 10.4. The number of halogens is 2. The third-order valence-electron chi connectivity index (χ3n) is 4.99. The van der Waals surface area contributed by atoms with Crippen molar-refractivity contribution in [2.24, 2.45) is 5.41 Å². The molecule has 0 aliphatic rings. The van der Waals surface area contributed by atoms with Gasteiger partial charge in [-0.05, 0) is 36.1 Å². The molecule has 170 valence electrons. The molecule has 2 unspecified atom stereocenters. The molecule has 0 aliphatic heterocycles. The Kier molecular flexibility index (Phi) is 7.03. The smallest absolute Gasteiger partial charge is 0.251 e. The lowest BCUT2D eigenvalue weighted by Crippen LogP contribution is -2.39. The molecule has 6 nitrogen and oxygen atoms in total. The molecule has 1 amide bonds. The highest BCUT2D eigenvalue weighted by atomic mass is 19.1. The van der Waals surface area contributed by atoms with E-state index in [2.05, 4.69) is 36.2 Å². The van der Waals surface area contributed by atoms with Crippen molar-refractivity contribution in [3.63, 3.8) is 0 Å². The Morgan fingerprint density at radius 1 is 1.12 bits per heavy atom. The van der Waals surface area contributed by atoms with Crippen LogP contribution < -0.4 is 5.32 Å². The summed E-state index contributed by atoms with van der Waals surface area (Å²) in [5.41, 5.74) is 0.563. The van der Waals surface area contributed by atoms with Gasteiger partial charge in [0.15, 0.2) is 0 Å². The first kappa shape index (κ1) is 23.5. The monoisotopic (exact) mass is 443 g/mol. The lowest BCUT2D eigenvalue weighted by Gasteiger charge is -2.24. The quantitative estimate of drug-likeness (QED) is 0.545. The highest BCUT2D eigenvalue weighted by molar-refractivity contribution is 5.94. The van der Waals surface area contributed by atoms with E-state index < -0.39 is 35.3 Å². The third-order valence-corrected chi connectivity index (χ3v) is 4.99. The molecule has 3 rings (SSSR count). The van der Waals surface area contributed by atoms with E-state index >= 15 is 0 Å². The van der Waals surface area contributed by atoms with Crippen LogP contribution >= 0.6 is 0 Å². The summed E-state index contributed by atoms with van der Waals surface area (Å²) in [6.45, 7) is 7.93. The molecule has 0 fully saturated rings. The van der Waals surface area contributed by atoms with Crippen LogP contribution in [-0.2, 0) is 6.42 Å². The highest BCUT2D eigenvalue weighted by Gasteiger charge is 2.27. The zero-order valence-corrected chi connectivity index (χ0v) is 18.5. The van der Waals surface area contributed by atoms with Crippen molar-refractivity contribution in [2.45, 2.75) is 52.7 Å². The van der Waals surface area contributed by atoms with Crippen LogP contribution in [0.15, 0.2) is 47.0 Å². The lowest BCUT2D eigenvalue weighted by atomic mass is 9.92. The van der Waals surface area contributed by atoms with Gasteiger partial charge in [0.2, 0.25) is 11.7 Å². The molecule has 0 radical (unpaired) electrons. The summed E-state index contributed by atoms with van der Waals surface area (Å²) in [6.07, 6.45) is -0.605. The number of carbonyl (C=O) groups is 1. The number of carbonyl (C=O) groups excluding carboxylic acids is 1. The van der Waals surface area contributed by atoms with Crippen molar-refractivity contribution in [3.05, 3.63) is 71.1 Å². The second kappa shape index (κ2) is 9.56. The molecule has 2 aromatic carbocycles. The summed E-state index contributed by atoms with van der Waals surface area (Å²) < 4.78 is 33.3. The van der Waals surface area contributed by atoms with Gasteiger partial charge in [-0.1, -0.05) is 51.1 Å². The van der Waals surface area contributed by atoms with E-state index in [1.54, 1.807) is 31.2 Å². The summed E-state index contributed by atoms with van der Waals surface area (Å²) in [7, 11) is 0. The number of nitrogens with zero attached hydrogens (tertiary/aromatic N) is 2. The number of benzene rings is 2. The fraction of sp³-hybridized carbons (Fsp3) is 0.375. The van der Waals surface area contributed by atoms with Crippen LogP contribution in [0.3, 0.4) is 0 Å². The number of hydrogen-bond donors (Lipinski definition) is 2. The van der Waals surface area contributed by atoms with Gasteiger partial charge in [-0.3, -0.25) is 4.79 Å². The molecule has 1 heterocycles. The molecule has 0 saturated carbocycles. The largest absolute Gasteiger partial charge is 0.386 e. The Bertz CT molecular complexity index is 1050. The number of aliphatic hydroxyl groups excluding tert-OH is 1. The van der Waals surface area contributed by atoms with Gasteiger partial charge >= 0.3 is 0 Å². The van der Waals surface area contributed by atoms with E-state index in [9.17, 15) is 18.7 Å². The van der Waals surface area contributed by atoms with Gasteiger partial charge in [0.05, 0.1) is 11.6 Å². The van der Waals surface area contributed by atoms with Gasteiger partial charge in [-0.2, -0.15) is 4.98 Å². The number of aliphatic hydroxyl groups is 1. The fourth-order valence-electron chi connectivity index (χ4n) is 3.32. The van der Waals surface area contributed by atoms with Gasteiger partial charge in [0.25, 0.3) is 5.91 Å². The minimum Gasteiger partial charge on any atom is -0.386 e. The second-order valence-corrected chi connectivity index (χ2v) is 8.89. The molecule has 1 aromatic heterocycles. The summed E-state index contributed by atoms with van der Waals surface area (Å²) in [5.74, 6) is -1.23. The molecule has 2 N–H and O–H groups in total. The average Bonchev–Trinajstić information content (AvgIpc) is 3.18. The predicted molar refractivity (Wildman–Crippen MR) is 116 cm³/mol. The Labute approximate surface area is 185 Å². The van der Waals surface area contributed by atoms with Gasteiger partial charge in [-0.25, -0.2) is 8.78 Å². The van der Waals surface area contributed by atoms with Crippen molar-refractivity contribution in [1.82, 2.24) is 15.5 Å². The number of nitrogens with one attached hydrogen (secondary N) is 1. The Morgan fingerprint density at radius 2 is 1.75 bits per heavy atom. The van der Waals surface area contributed by atoms with Crippen LogP contribution in [0.2, 0.25) is 0 Å². The SMILES string of the molecule is CCC(NC(=O)c1ccc(-c2noc(CC(C)(C)C)n2)cc1)C(O)c1c(F)cccc1F. The molecule has 0 saturated heterocycles. The molecule has 0 aliphatic carbocycles. The van der Waals surface area contributed by atoms with Crippen LogP contribution in [0.4, 0.5) is 8.78 Å². The summed E-state index contributed by atoms with van der Waals surface area (Å²) in [6, 6.07) is 9.05. The summed E-state index contributed by atoms with van der Waals surface area (Å²) in [5, 5.41) is 17.1. The second-order valence-electron chi connectivity index (χ2n) is 8.89. The minimum atomic E-state index is -1.52. The maximum absolute atomic E-state index is 14.0. The fourth-order valence-corrected chi connectivity index (χ4v) is 3.32. The molecule has 2 atom stereocenters. The number of hydrogen-bond acceptors (Lipinski definition) is 5. The molecule has 0 spiro atoms.